The molecule has 1 N–H and O–H groups in total. The highest BCUT2D eigenvalue weighted by Crippen LogP contribution is 2.25. The number of esters is 1. The molecule has 0 radical (unpaired) electrons. The van der Waals surface area contributed by atoms with Gasteiger partial charge in [0, 0.05) is 13.5 Å². The van der Waals surface area contributed by atoms with Crippen LogP contribution in [0.5, 0.6) is 0 Å². The lowest BCUT2D eigenvalue weighted by Gasteiger charge is -2.17. The Hall–Kier alpha value is -1.36. The van der Waals surface area contributed by atoms with Crippen LogP contribution in [0.4, 0.5) is 0 Å². The Kier molecular flexibility index (Phi) is 4.74. The van der Waals surface area contributed by atoms with Gasteiger partial charge in [-0.15, -0.1) is 0 Å². The highest BCUT2D eigenvalue weighted by molar-refractivity contribution is 5.89. The molecule has 0 fully saturated rings. The van der Waals surface area contributed by atoms with Crippen LogP contribution in [-0.2, 0) is 23.8 Å². The molecule has 5 nitrogen and oxygen atoms in total. The molecular formula is C14H24N2O3. The standard InChI is InChI=1S/C14H24N2O3/c1-7-8-10-15-12(14(4,5)18)11(16(10)6)13(17)19-9(2)3/h9,18H,7-8H2,1-6H3. The monoisotopic (exact) mass is 268 g/mol. The van der Waals surface area contributed by atoms with E-state index in [1.165, 1.54) is 0 Å². The fourth-order valence-electron chi connectivity index (χ4n) is 1.92. The van der Waals surface area contributed by atoms with E-state index in [-0.39, 0.29) is 6.10 Å². The van der Waals surface area contributed by atoms with Gasteiger partial charge in [-0.1, -0.05) is 6.92 Å². The third-order valence-corrected chi connectivity index (χ3v) is 2.78. The zero-order valence-electron chi connectivity index (χ0n) is 12.6. The van der Waals surface area contributed by atoms with Crippen LogP contribution in [0.15, 0.2) is 0 Å². The van der Waals surface area contributed by atoms with E-state index in [4.69, 9.17) is 4.74 Å². The molecule has 0 saturated carbocycles. The zero-order chi connectivity index (χ0) is 14.8. The third kappa shape index (κ3) is 3.56. The van der Waals surface area contributed by atoms with Gasteiger partial charge in [-0.3, -0.25) is 0 Å². The van der Waals surface area contributed by atoms with E-state index in [9.17, 15) is 9.90 Å². The van der Waals surface area contributed by atoms with E-state index in [0.29, 0.717) is 11.4 Å². The molecule has 0 aromatic carbocycles. The van der Waals surface area contributed by atoms with Gasteiger partial charge in [0.15, 0.2) is 5.69 Å². The molecule has 1 heterocycles. The zero-order valence-corrected chi connectivity index (χ0v) is 12.6. The SMILES string of the molecule is CCCc1nc(C(C)(C)O)c(C(=O)OC(C)C)n1C. The Morgan fingerprint density at radius 3 is 2.47 bits per heavy atom. The maximum absolute atomic E-state index is 12.2. The van der Waals surface area contributed by atoms with Gasteiger partial charge in [0.1, 0.15) is 17.1 Å². The minimum atomic E-state index is -1.17. The predicted octanol–water partition coefficient (Wildman–Crippen LogP) is 2.17. The number of aliphatic hydroxyl groups is 1. The van der Waals surface area contributed by atoms with Crippen LogP contribution >= 0.6 is 0 Å². The Morgan fingerprint density at radius 1 is 1.47 bits per heavy atom. The second-order valence-electron chi connectivity index (χ2n) is 5.55. The van der Waals surface area contributed by atoms with Crippen LogP contribution in [0, 0.1) is 0 Å². The summed E-state index contributed by atoms with van der Waals surface area (Å²) in [5.41, 5.74) is -0.455. The van der Waals surface area contributed by atoms with E-state index in [2.05, 4.69) is 4.98 Å². The van der Waals surface area contributed by atoms with E-state index in [1.807, 2.05) is 6.92 Å². The fraction of sp³-hybridized carbons (Fsp3) is 0.714. The first-order valence-corrected chi connectivity index (χ1v) is 6.67. The topological polar surface area (TPSA) is 64.3 Å². The van der Waals surface area contributed by atoms with Crippen molar-refractivity contribution in [1.29, 1.82) is 0 Å². The Balaban J connectivity index is 3.30. The third-order valence-electron chi connectivity index (χ3n) is 2.78. The highest BCUT2D eigenvalue weighted by atomic mass is 16.5. The van der Waals surface area contributed by atoms with Crippen molar-refractivity contribution in [3.8, 4) is 0 Å². The van der Waals surface area contributed by atoms with E-state index >= 15 is 0 Å². The molecule has 1 aromatic heterocycles. The number of imidazole rings is 1. The average Bonchev–Trinajstić information content (AvgIpc) is 2.55. The quantitative estimate of drug-likeness (QED) is 0.831. The molecule has 0 bridgehead atoms. The number of aromatic nitrogens is 2. The summed E-state index contributed by atoms with van der Waals surface area (Å²) < 4.78 is 6.96. The molecule has 0 saturated heterocycles. The maximum Gasteiger partial charge on any atom is 0.357 e. The Labute approximate surface area is 114 Å². The summed E-state index contributed by atoms with van der Waals surface area (Å²) in [6.07, 6.45) is 1.48. The fourth-order valence-corrected chi connectivity index (χ4v) is 1.92. The smallest absolute Gasteiger partial charge is 0.357 e. The number of carbonyl (C=O) groups excluding carboxylic acids is 1. The molecular weight excluding hydrogens is 244 g/mol. The van der Waals surface area contributed by atoms with Crippen molar-refractivity contribution in [3.63, 3.8) is 0 Å². The van der Waals surface area contributed by atoms with Crippen molar-refractivity contribution in [2.45, 2.75) is 59.2 Å². The van der Waals surface area contributed by atoms with Crippen LogP contribution in [0.25, 0.3) is 0 Å². The average molecular weight is 268 g/mol. The first-order chi connectivity index (χ1) is 8.68. The first kappa shape index (κ1) is 15.7. The maximum atomic E-state index is 12.2. The summed E-state index contributed by atoms with van der Waals surface area (Å²) in [7, 11) is 1.78. The normalized spacial score (nSPS) is 12.0. The van der Waals surface area contributed by atoms with Gasteiger partial charge in [-0.2, -0.15) is 0 Å². The summed E-state index contributed by atoms with van der Waals surface area (Å²) in [5.74, 6) is 0.347. The molecule has 0 atom stereocenters. The number of ether oxygens (including phenoxy) is 1. The Bertz CT molecular complexity index is 456. The Morgan fingerprint density at radius 2 is 2.05 bits per heavy atom. The largest absolute Gasteiger partial charge is 0.458 e. The van der Waals surface area contributed by atoms with E-state index in [1.54, 1.807) is 39.3 Å². The van der Waals surface area contributed by atoms with Gasteiger partial charge >= 0.3 is 5.97 Å². The van der Waals surface area contributed by atoms with E-state index in [0.717, 1.165) is 18.7 Å². The van der Waals surface area contributed by atoms with Gasteiger partial charge < -0.3 is 14.4 Å². The van der Waals surface area contributed by atoms with Gasteiger partial charge in [-0.05, 0) is 34.1 Å². The molecule has 108 valence electrons. The predicted molar refractivity (Wildman–Crippen MR) is 73.0 cm³/mol. The molecule has 5 heteroatoms. The summed E-state index contributed by atoms with van der Waals surface area (Å²) >= 11 is 0. The lowest BCUT2D eigenvalue weighted by molar-refractivity contribution is 0.0335. The molecule has 1 rings (SSSR count). The molecule has 0 unspecified atom stereocenters. The number of rotatable bonds is 5. The highest BCUT2D eigenvalue weighted by Gasteiger charge is 2.31. The molecule has 1 aromatic rings. The van der Waals surface area contributed by atoms with Crippen LogP contribution in [0.2, 0.25) is 0 Å². The lowest BCUT2D eigenvalue weighted by Crippen LogP contribution is -2.23. The van der Waals surface area contributed by atoms with Crippen LogP contribution in [0.1, 0.15) is 63.0 Å². The second-order valence-corrected chi connectivity index (χ2v) is 5.55. The van der Waals surface area contributed by atoms with Crippen molar-refractivity contribution in [2.75, 3.05) is 0 Å². The number of nitrogens with zero attached hydrogens (tertiary/aromatic N) is 2. The number of hydrogen-bond acceptors (Lipinski definition) is 4. The van der Waals surface area contributed by atoms with Crippen LogP contribution in [-0.4, -0.2) is 26.7 Å². The van der Waals surface area contributed by atoms with Crippen LogP contribution in [0.3, 0.4) is 0 Å². The van der Waals surface area contributed by atoms with Crippen LogP contribution < -0.4 is 0 Å². The molecule has 0 aliphatic carbocycles. The van der Waals surface area contributed by atoms with Crippen molar-refractivity contribution < 1.29 is 14.6 Å². The van der Waals surface area contributed by atoms with Crippen molar-refractivity contribution in [3.05, 3.63) is 17.2 Å². The molecule has 0 aliphatic rings. The van der Waals surface area contributed by atoms with Crippen molar-refractivity contribution >= 4 is 5.97 Å². The minimum absolute atomic E-state index is 0.202. The summed E-state index contributed by atoms with van der Waals surface area (Å²) in [5, 5.41) is 10.2. The van der Waals surface area contributed by atoms with Gasteiger partial charge in [0.05, 0.1) is 6.10 Å². The number of hydrogen-bond donors (Lipinski definition) is 1. The first-order valence-electron chi connectivity index (χ1n) is 6.67. The van der Waals surface area contributed by atoms with Crippen molar-refractivity contribution in [1.82, 2.24) is 9.55 Å². The lowest BCUT2D eigenvalue weighted by atomic mass is 10.0. The molecule has 0 spiro atoms. The molecule has 0 aliphatic heterocycles. The van der Waals surface area contributed by atoms with Crippen molar-refractivity contribution in [2.24, 2.45) is 7.05 Å². The second kappa shape index (κ2) is 5.74. The molecule has 19 heavy (non-hydrogen) atoms. The molecule has 0 amide bonds. The van der Waals surface area contributed by atoms with Gasteiger partial charge in [0.25, 0.3) is 0 Å². The van der Waals surface area contributed by atoms with E-state index < -0.39 is 11.6 Å². The van der Waals surface area contributed by atoms with Gasteiger partial charge in [-0.25, -0.2) is 9.78 Å². The number of carbonyl (C=O) groups is 1. The summed E-state index contributed by atoms with van der Waals surface area (Å²) in [6, 6.07) is 0. The summed E-state index contributed by atoms with van der Waals surface area (Å²) in [4.78, 5) is 16.6. The summed E-state index contributed by atoms with van der Waals surface area (Å²) in [6.45, 7) is 8.88. The minimum Gasteiger partial charge on any atom is -0.458 e. The number of aryl methyl sites for hydroxylation is 1. The van der Waals surface area contributed by atoms with Gasteiger partial charge in [0.2, 0.25) is 0 Å².